The van der Waals surface area contributed by atoms with Gasteiger partial charge in [-0.3, -0.25) is 0 Å². The molecule has 0 amide bonds. The summed E-state index contributed by atoms with van der Waals surface area (Å²) in [5.74, 6) is 0. The standard InChI is InChI=1S/C11H10ClNOS/c12-8-2-1-7-5-9(3-4-11(14)15)13-10(7)6-8/h1-2,5-6,13H,3-4H2,(H,14,15). The highest BCUT2D eigenvalue weighted by atomic mass is 35.5. The molecule has 1 heterocycles. The highest BCUT2D eigenvalue weighted by molar-refractivity contribution is 7.80. The summed E-state index contributed by atoms with van der Waals surface area (Å²) < 4.78 is 0. The number of benzene rings is 1. The van der Waals surface area contributed by atoms with Crippen molar-refractivity contribution in [3.63, 3.8) is 0 Å². The Kier molecular flexibility index (Phi) is 2.93. The molecule has 0 fully saturated rings. The zero-order valence-corrected chi connectivity index (χ0v) is 9.53. The van der Waals surface area contributed by atoms with Gasteiger partial charge in [0, 0.05) is 22.7 Å². The highest BCUT2D eigenvalue weighted by Crippen LogP contribution is 2.20. The van der Waals surface area contributed by atoms with Gasteiger partial charge in [-0.05, 0) is 42.2 Å². The first-order valence-electron chi connectivity index (χ1n) is 4.64. The van der Waals surface area contributed by atoms with Crippen molar-refractivity contribution in [1.82, 2.24) is 4.98 Å². The number of thiocarbonyl (C=S) groups is 1. The van der Waals surface area contributed by atoms with Gasteiger partial charge in [0.1, 0.15) is 0 Å². The van der Waals surface area contributed by atoms with Crippen molar-refractivity contribution < 1.29 is 5.11 Å². The number of H-pyrrole nitrogens is 1. The van der Waals surface area contributed by atoms with Crippen LogP contribution in [0.3, 0.4) is 0 Å². The molecule has 2 nitrogen and oxygen atoms in total. The van der Waals surface area contributed by atoms with Gasteiger partial charge in [0.15, 0.2) is 5.05 Å². The van der Waals surface area contributed by atoms with Gasteiger partial charge >= 0.3 is 0 Å². The van der Waals surface area contributed by atoms with Crippen molar-refractivity contribution in [2.45, 2.75) is 12.8 Å². The molecule has 0 aliphatic carbocycles. The fourth-order valence-corrected chi connectivity index (χ4v) is 1.81. The van der Waals surface area contributed by atoms with E-state index in [-0.39, 0.29) is 5.05 Å². The molecule has 0 bridgehead atoms. The van der Waals surface area contributed by atoms with E-state index in [2.05, 4.69) is 17.2 Å². The van der Waals surface area contributed by atoms with Crippen molar-refractivity contribution in [2.24, 2.45) is 0 Å². The molecule has 1 aromatic heterocycles. The van der Waals surface area contributed by atoms with Crippen LogP contribution < -0.4 is 0 Å². The lowest BCUT2D eigenvalue weighted by molar-refractivity contribution is 0.547. The Morgan fingerprint density at radius 3 is 2.93 bits per heavy atom. The number of fused-ring (bicyclic) bond motifs is 1. The lowest BCUT2D eigenvalue weighted by Gasteiger charge is -1.93. The maximum Gasteiger partial charge on any atom is 0.156 e. The summed E-state index contributed by atoms with van der Waals surface area (Å²) in [6.45, 7) is 0. The van der Waals surface area contributed by atoms with Crippen LogP contribution in [-0.4, -0.2) is 15.1 Å². The number of aliphatic hydroxyl groups is 1. The normalized spacial score (nSPS) is 10.7. The first-order chi connectivity index (χ1) is 7.15. The maximum atomic E-state index is 8.93. The summed E-state index contributed by atoms with van der Waals surface area (Å²) in [6.07, 6.45) is 1.23. The number of aromatic nitrogens is 1. The second-order valence-corrected chi connectivity index (χ2v) is 4.33. The van der Waals surface area contributed by atoms with Crippen molar-refractivity contribution >= 4 is 39.8 Å². The predicted molar refractivity (Wildman–Crippen MR) is 66.9 cm³/mol. The van der Waals surface area contributed by atoms with E-state index < -0.39 is 0 Å². The van der Waals surface area contributed by atoms with Gasteiger partial charge in [-0.1, -0.05) is 17.7 Å². The maximum absolute atomic E-state index is 8.93. The summed E-state index contributed by atoms with van der Waals surface area (Å²) in [5.41, 5.74) is 2.07. The monoisotopic (exact) mass is 239 g/mol. The Balaban J connectivity index is 2.27. The average Bonchev–Trinajstić information content (AvgIpc) is 2.56. The molecule has 78 valence electrons. The van der Waals surface area contributed by atoms with E-state index in [4.69, 9.17) is 16.7 Å². The molecule has 4 heteroatoms. The number of aryl methyl sites for hydroxylation is 1. The van der Waals surface area contributed by atoms with Crippen molar-refractivity contribution in [3.05, 3.63) is 35.0 Å². The van der Waals surface area contributed by atoms with Gasteiger partial charge in [-0.2, -0.15) is 0 Å². The third-order valence-electron chi connectivity index (χ3n) is 2.25. The number of hydrogen-bond donors (Lipinski definition) is 2. The van der Waals surface area contributed by atoms with Gasteiger partial charge in [0.05, 0.1) is 0 Å². The predicted octanol–water partition coefficient (Wildman–Crippen LogP) is 3.64. The highest BCUT2D eigenvalue weighted by Gasteiger charge is 2.02. The summed E-state index contributed by atoms with van der Waals surface area (Å²) in [7, 11) is 0. The van der Waals surface area contributed by atoms with Gasteiger partial charge in [0.25, 0.3) is 0 Å². The van der Waals surface area contributed by atoms with E-state index in [1.807, 2.05) is 24.3 Å². The van der Waals surface area contributed by atoms with Gasteiger partial charge in [0.2, 0.25) is 0 Å². The smallest absolute Gasteiger partial charge is 0.156 e. The molecule has 0 aliphatic rings. The lowest BCUT2D eigenvalue weighted by Crippen LogP contribution is -1.94. The molecular weight excluding hydrogens is 230 g/mol. The minimum atomic E-state index is 0.0479. The zero-order chi connectivity index (χ0) is 10.8. The average molecular weight is 240 g/mol. The molecule has 0 saturated heterocycles. The number of aliphatic hydroxyl groups excluding tert-OH is 1. The SMILES string of the molecule is OC(=S)CCc1cc2ccc(Cl)cc2[nH]1. The molecule has 0 saturated carbocycles. The minimum Gasteiger partial charge on any atom is -0.502 e. The Bertz CT molecular complexity index is 506. The summed E-state index contributed by atoms with van der Waals surface area (Å²) in [4.78, 5) is 3.24. The molecule has 0 radical (unpaired) electrons. The topological polar surface area (TPSA) is 36.0 Å². The van der Waals surface area contributed by atoms with Crippen LogP contribution in [0.25, 0.3) is 10.9 Å². The molecule has 2 rings (SSSR count). The summed E-state index contributed by atoms with van der Waals surface area (Å²) in [6, 6.07) is 7.76. The summed E-state index contributed by atoms with van der Waals surface area (Å²) >= 11 is 10.5. The molecular formula is C11H10ClNOS. The van der Waals surface area contributed by atoms with Crippen LogP contribution in [0.5, 0.6) is 0 Å². The van der Waals surface area contributed by atoms with Crippen LogP contribution in [0.15, 0.2) is 24.3 Å². The molecule has 1 aromatic carbocycles. The summed E-state index contributed by atoms with van der Waals surface area (Å²) in [5, 5.41) is 10.8. The molecule has 2 N–H and O–H groups in total. The lowest BCUT2D eigenvalue weighted by atomic mass is 10.2. The Morgan fingerprint density at radius 1 is 1.40 bits per heavy atom. The molecule has 2 aromatic rings. The number of nitrogens with one attached hydrogen (secondary N) is 1. The van der Waals surface area contributed by atoms with Crippen LogP contribution in [0, 0.1) is 0 Å². The fraction of sp³-hybridized carbons (Fsp3) is 0.182. The van der Waals surface area contributed by atoms with Crippen LogP contribution in [0.2, 0.25) is 5.02 Å². The van der Waals surface area contributed by atoms with E-state index in [0.29, 0.717) is 11.4 Å². The minimum absolute atomic E-state index is 0.0479. The third-order valence-corrected chi connectivity index (χ3v) is 2.69. The van der Waals surface area contributed by atoms with Gasteiger partial charge < -0.3 is 10.1 Å². The van der Waals surface area contributed by atoms with Crippen molar-refractivity contribution in [3.8, 4) is 0 Å². The number of hydrogen-bond acceptors (Lipinski definition) is 1. The fourth-order valence-electron chi connectivity index (χ4n) is 1.54. The molecule has 0 unspecified atom stereocenters. The molecule has 0 atom stereocenters. The quantitative estimate of drug-likeness (QED) is 0.803. The van der Waals surface area contributed by atoms with E-state index in [0.717, 1.165) is 23.0 Å². The van der Waals surface area contributed by atoms with Gasteiger partial charge in [-0.15, -0.1) is 0 Å². The second kappa shape index (κ2) is 4.21. The Morgan fingerprint density at radius 2 is 2.20 bits per heavy atom. The number of aromatic amines is 1. The van der Waals surface area contributed by atoms with Crippen molar-refractivity contribution in [2.75, 3.05) is 0 Å². The van der Waals surface area contributed by atoms with Crippen LogP contribution >= 0.6 is 23.8 Å². The Hall–Kier alpha value is -1.06. The molecule has 0 aliphatic heterocycles. The van der Waals surface area contributed by atoms with Crippen molar-refractivity contribution in [1.29, 1.82) is 0 Å². The largest absolute Gasteiger partial charge is 0.502 e. The second-order valence-electron chi connectivity index (χ2n) is 3.42. The molecule has 0 spiro atoms. The first-order valence-corrected chi connectivity index (χ1v) is 5.43. The Labute approximate surface area is 97.9 Å². The van der Waals surface area contributed by atoms with Crippen LogP contribution in [-0.2, 0) is 6.42 Å². The van der Waals surface area contributed by atoms with E-state index in [1.54, 1.807) is 0 Å². The van der Waals surface area contributed by atoms with E-state index in [9.17, 15) is 0 Å². The number of rotatable bonds is 3. The zero-order valence-electron chi connectivity index (χ0n) is 7.96. The van der Waals surface area contributed by atoms with Crippen LogP contribution in [0.1, 0.15) is 12.1 Å². The van der Waals surface area contributed by atoms with E-state index in [1.165, 1.54) is 0 Å². The number of halogens is 1. The van der Waals surface area contributed by atoms with Gasteiger partial charge in [-0.25, -0.2) is 0 Å². The first kappa shape index (κ1) is 10.5. The third kappa shape index (κ3) is 2.49. The molecule has 15 heavy (non-hydrogen) atoms. The van der Waals surface area contributed by atoms with Crippen LogP contribution in [0.4, 0.5) is 0 Å². The van der Waals surface area contributed by atoms with E-state index >= 15 is 0 Å².